The zero-order valence-corrected chi connectivity index (χ0v) is 7.97. The van der Waals surface area contributed by atoms with E-state index in [-0.39, 0.29) is 6.03 Å². The van der Waals surface area contributed by atoms with Gasteiger partial charge in [0.15, 0.2) is 0 Å². The number of hydrogen-bond acceptors (Lipinski definition) is 1. The van der Waals surface area contributed by atoms with Crippen molar-refractivity contribution in [1.29, 1.82) is 0 Å². The van der Waals surface area contributed by atoms with Crippen molar-refractivity contribution < 1.29 is 4.79 Å². The van der Waals surface area contributed by atoms with Gasteiger partial charge in [0.25, 0.3) is 0 Å². The molecule has 0 saturated heterocycles. The zero-order valence-electron chi connectivity index (χ0n) is 7.97. The highest BCUT2D eigenvalue weighted by atomic mass is 16.2. The van der Waals surface area contributed by atoms with Crippen LogP contribution in [0.1, 0.15) is 6.42 Å². The van der Waals surface area contributed by atoms with Crippen LogP contribution in [-0.2, 0) is 0 Å². The van der Waals surface area contributed by atoms with Crippen LogP contribution in [-0.4, -0.2) is 17.5 Å². The molecule has 0 spiro atoms. The van der Waals surface area contributed by atoms with Crippen LogP contribution in [0.25, 0.3) is 0 Å². The minimum absolute atomic E-state index is 0.368. The fourth-order valence-corrected chi connectivity index (χ4v) is 1.92. The summed E-state index contributed by atoms with van der Waals surface area (Å²) in [6.45, 7) is 0.713. The average Bonchev–Trinajstić information content (AvgIpc) is 2.39. The SMILES string of the molecule is NC(=O)N1C=CC2C=CC=CC2CC1. The van der Waals surface area contributed by atoms with Crippen molar-refractivity contribution in [3.63, 3.8) is 0 Å². The minimum atomic E-state index is -0.368. The van der Waals surface area contributed by atoms with Crippen molar-refractivity contribution >= 4 is 6.03 Å². The minimum Gasteiger partial charge on any atom is -0.351 e. The van der Waals surface area contributed by atoms with Gasteiger partial charge in [0.1, 0.15) is 0 Å². The first kappa shape index (κ1) is 9.06. The molecule has 74 valence electrons. The van der Waals surface area contributed by atoms with Crippen LogP contribution in [0.2, 0.25) is 0 Å². The molecule has 0 aromatic rings. The largest absolute Gasteiger partial charge is 0.351 e. The Hall–Kier alpha value is -1.51. The van der Waals surface area contributed by atoms with Gasteiger partial charge in [-0.25, -0.2) is 4.79 Å². The molecule has 0 fully saturated rings. The number of fused-ring (bicyclic) bond motifs is 1. The van der Waals surface area contributed by atoms with Gasteiger partial charge in [-0.2, -0.15) is 0 Å². The summed E-state index contributed by atoms with van der Waals surface area (Å²) in [6, 6.07) is -0.368. The molecule has 1 aliphatic heterocycles. The summed E-state index contributed by atoms with van der Waals surface area (Å²) in [4.78, 5) is 12.5. The number of primary amides is 1. The molecule has 0 aromatic carbocycles. The molecule has 2 N–H and O–H groups in total. The van der Waals surface area contributed by atoms with Crippen LogP contribution in [0, 0.1) is 11.8 Å². The molecule has 0 bridgehead atoms. The van der Waals surface area contributed by atoms with E-state index in [9.17, 15) is 4.79 Å². The predicted molar refractivity (Wildman–Crippen MR) is 55.3 cm³/mol. The van der Waals surface area contributed by atoms with Gasteiger partial charge in [-0.3, -0.25) is 0 Å². The standard InChI is InChI=1S/C11H14N2O/c12-11(14)13-7-5-9-3-1-2-4-10(9)6-8-13/h1-5,7,9-10H,6,8H2,(H2,12,14). The summed E-state index contributed by atoms with van der Waals surface area (Å²) >= 11 is 0. The molecule has 0 aromatic heterocycles. The first-order valence-corrected chi connectivity index (χ1v) is 4.87. The van der Waals surface area contributed by atoms with Gasteiger partial charge in [0.2, 0.25) is 0 Å². The van der Waals surface area contributed by atoms with Gasteiger partial charge in [-0.15, -0.1) is 0 Å². The van der Waals surface area contributed by atoms with E-state index in [0.717, 1.165) is 6.42 Å². The van der Waals surface area contributed by atoms with Crippen LogP contribution >= 0.6 is 0 Å². The van der Waals surface area contributed by atoms with E-state index >= 15 is 0 Å². The number of allylic oxidation sites excluding steroid dienone is 5. The normalized spacial score (nSPS) is 29.9. The highest BCUT2D eigenvalue weighted by Crippen LogP contribution is 2.26. The van der Waals surface area contributed by atoms with Crippen LogP contribution in [0.15, 0.2) is 36.6 Å². The monoisotopic (exact) mass is 190 g/mol. The summed E-state index contributed by atoms with van der Waals surface area (Å²) in [6.07, 6.45) is 13.3. The van der Waals surface area contributed by atoms with Crippen LogP contribution in [0.3, 0.4) is 0 Å². The van der Waals surface area contributed by atoms with Crippen molar-refractivity contribution in [2.45, 2.75) is 6.42 Å². The maximum absolute atomic E-state index is 11.0. The molecule has 3 heteroatoms. The number of nitrogens with zero attached hydrogens (tertiary/aromatic N) is 1. The Morgan fingerprint density at radius 2 is 2.07 bits per heavy atom. The van der Waals surface area contributed by atoms with Gasteiger partial charge in [-0.1, -0.05) is 30.4 Å². The lowest BCUT2D eigenvalue weighted by Crippen LogP contribution is -2.31. The van der Waals surface area contributed by atoms with Crippen LogP contribution < -0.4 is 5.73 Å². The Kier molecular flexibility index (Phi) is 2.39. The Bertz CT molecular complexity index is 317. The molecule has 2 rings (SSSR count). The second-order valence-corrected chi connectivity index (χ2v) is 3.67. The third-order valence-electron chi connectivity index (χ3n) is 2.77. The summed E-state index contributed by atoms with van der Waals surface area (Å²) in [5.41, 5.74) is 5.23. The van der Waals surface area contributed by atoms with Gasteiger partial charge in [-0.05, 0) is 12.3 Å². The average molecular weight is 190 g/mol. The first-order chi connectivity index (χ1) is 6.77. The Balaban J connectivity index is 2.13. The lowest BCUT2D eigenvalue weighted by Gasteiger charge is -2.19. The maximum Gasteiger partial charge on any atom is 0.318 e. The van der Waals surface area contributed by atoms with Crippen molar-refractivity contribution in [3.8, 4) is 0 Å². The first-order valence-electron chi connectivity index (χ1n) is 4.87. The van der Waals surface area contributed by atoms with Gasteiger partial charge >= 0.3 is 6.03 Å². The van der Waals surface area contributed by atoms with Gasteiger partial charge < -0.3 is 10.6 Å². The number of rotatable bonds is 0. The number of carbonyl (C=O) groups excluding carboxylic acids is 1. The molecule has 14 heavy (non-hydrogen) atoms. The van der Waals surface area contributed by atoms with Crippen molar-refractivity contribution in [2.75, 3.05) is 6.54 Å². The lowest BCUT2D eigenvalue weighted by atomic mass is 9.87. The third kappa shape index (κ3) is 1.71. The molecule has 0 radical (unpaired) electrons. The number of urea groups is 1. The Labute approximate surface area is 83.6 Å². The van der Waals surface area contributed by atoms with Crippen molar-refractivity contribution in [3.05, 3.63) is 36.6 Å². The Morgan fingerprint density at radius 3 is 2.86 bits per heavy atom. The highest BCUT2D eigenvalue weighted by molar-refractivity contribution is 5.73. The van der Waals surface area contributed by atoms with E-state index in [0.29, 0.717) is 18.4 Å². The molecule has 3 nitrogen and oxygen atoms in total. The van der Waals surface area contributed by atoms with Crippen LogP contribution in [0.5, 0.6) is 0 Å². The summed E-state index contributed by atoms with van der Waals surface area (Å²) in [5, 5.41) is 0. The maximum atomic E-state index is 11.0. The van der Waals surface area contributed by atoms with Crippen molar-refractivity contribution in [2.24, 2.45) is 17.6 Å². The molecule has 2 aliphatic rings. The van der Waals surface area contributed by atoms with Gasteiger partial charge in [0.05, 0.1) is 0 Å². The third-order valence-corrected chi connectivity index (χ3v) is 2.77. The molecule has 1 aliphatic carbocycles. The predicted octanol–water partition coefficient (Wildman–Crippen LogP) is 1.64. The van der Waals surface area contributed by atoms with E-state index in [1.54, 1.807) is 11.1 Å². The lowest BCUT2D eigenvalue weighted by molar-refractivity contribution is 0.223. The van der Waals surface area contributed by atoms with Crippen LogP contribution in [0.4, 0.5) is 4.79 Å². The molecule has 2 amide bonds. The number of amides is 2. The molecule has 2 atom stereocenters. The molecular weight excluding hydrogens is 176 g/mol. The number of carbonyl (C=O) groups is 1. The fourth-order valence-electron chi connectivity index (χ4n) is 1.92. The van der Waals surface area contributed by atoms with E-state index < -0.39 is 0 Å². The van der Waals surface area contributed by atoms with Gasteiger partial charge in [0, 0.05) is 18.7 Å². The second-order valence-electron chi connectivity index (χ2n) is 3.67. The quantitative estimate of drug-likeness (QED) is 0.620. The topological polar surface area (TPSA) is 46.3 Å². The van der Waals surface area contributed by atoms with E-state index in [1.165, 1.54) is 0 Å². The second kappa shape index (κ2) is 3.70. The fraction of sp³-hybridized carbons (Fsp3) is 0.364. The van der Waals surface area contributed by atoms with E-state index in [1.807, 2.05) is 12.2 Å². The smallest absolute Gasteiger partial charge is 0.318 e. The Morgan fingerprint density at radius 1 is 1.29 bits per heavy atom. The van der Waals surface area contributed by atoms with E-state index in [4.69, 9.17) is 5.73 Å². The zero-order chi connectivity index (χ0) is 9.97. The molecule has 2 unspecified atom stereocenters. The number of hydrogen-bond donors (Lipinski definition) is 1. The molecular formula is C11H14N2O. The summed E-state index contributed by atoms with van der Waals surface area (Å²) in [5.74, 6) is 0.935. The van der Waals surface area contributed by atoms with E-state index in [2.05, 4.69) is 18.2 Å². The van der Waals surface area contributed by atoms with Crippen molar-refractivity contribution in [1.82, 2.24) is 4.90 Å². The summed E-state index contributed by atoms with van der Waals surface area (Å²) in [7, 11) is 0. The highest BCUT2D eigenvalue weighted by Gasteiger charge is 2.21. The summed E-state index contributed by atoms with van der Waals surface area (Å²) < 4.78 is 0. The molecule has 0 saturated carbocycles. The number of nitrogens with two attached hydrogens (primary N) is 1. The molecule has 1 heterocycles.